The summed E-state index contributed by atoms with van der Waals surface area (Å²) in [5.74, 6) is 0.262. The molecule has 1 aliphatic heterocycles. The van der Waals surface area contributed by atoms with Gasteiger partial charge >= 0.3 is 6.18 Å². The lowest BCUT2D eigenvalue weighted by molar-refractivity contribution is -0.137. The van der Waals surface area contributed by atoms with Crippen LogP contribution in [0, 0.1) is 0 Å². The van der Waals surface area contributed by atoms with Gasteiger partial charge in [0, 0.05) is 49.5 Å². The molecule has 1 amide bonds. The fraction of sp³-hybridized carbons (Fsp3) is 0.231. The van der Waals surface area contributed by atoms with Crippen LogP contribution in [0.1, 0.15) is 28.8 Å². The van der Waals surface area contributed by atoms with Crippen molar-refractivity contribution in [2.24, 2.45) is 0 Å². The third-order valence-corrected chi connectivity index (χ3v) is 6.14. The zero-order valence-corrected chi connectivity index (χ0v) is 19.2. The van der Waals surface area contributed by atoms with Gasteiger partial charge in [0.25, 0.3) is 5.91 Å². The molecule has 1 saturated heterocycles. The van der Waals surface area contributed by atoms with Gasteiger partial charge in [0.2, 0.25) is 0 Å². The molecule has 0 aliphatic carbocycles. The van der Waals surface area contributed by atoms with E-state index in [1.807, 2.05) is 41.3 Å². The van der Waals surface area contributed by atoms with Gasteiger partial charge < -0.3 is 10.2 Å². The number of carbonyl (C=O) groups excluding carboxylic acids is 1. The molecule has 0 saturated carbocycles. The standard InChI is InChI=1S/C26H23F3N6O/c27-26(28,29)19-8-9-23(31-16-19)34-13-10-20(11-14-34)32-25(36)22-17-35(21-6-2-1-3-7-21)33-24(22)18-5-4-12-30-15-18/h1-9,12,15-17,20H,10-11,13-14H2,(H,32,36). The van der Waals surface area contributed by atoms with Crippen LogP contribution < -0.4 is 10.2 Å². The Labute approximate surface area is 205 Å². The first-order chi connectivity index (χ1) is 17.4. The second-order valence-corrected chi connectivity index (χ2v) is 8.55. The number of nitrogens with zero attached hydrogens (tertiary/aromatic N) is 5. The van der Waals surface area contributed by atoms with Gasteiger partial charge in [-0.2, -0.15) is 18.3 Å². The topological polar surface area (TPSA) is 75.9 Å². The number of hydrogen-bond acceptors (Lipinski definition) is 5. The van der Waals surface area contributed by atoms with Crippen molar-refractivity contribution in [3.05, 3.63) is 90.5 Å². The predicted molar refractivity (Wildman–Crippen MR) is 129 cm³/mol. The minimum absolute atomic E-state index is 0.0787. The molecule has 0 bridgehead atoms. The zero-order chi connectivity index (χ0) is 25.1. The van der Waals surface area contributed by atoms with E-state index in [-0.39, 0.29) is 11.9 Å². The molecule has 1 aliphatic rings. The Kier molecular flexibility index (Phi) is 6.41. The summed E-state index contributed by atoms with van der Waals surface area (Å²) in [5, 5.41) is 7.76. The molecule has 0 spiro atoms. The van der Waals surface area contributed by atoms with E-state index < -0.39 is 11.7 Å². The number of alkyl halides is 3. The summed E-state index contributed by atoms with van der Waals surface area (Å²) in [6.07, 6.45) is 2.78. The molecular weight excluding hydrogens is 469 g/mol. The summed E-state index contributed by atoms with van der Waals surface area (Å²) >= 11 is 0. The Hall–Kier alpha value is -4.21. The van der Waals surface area contributed by atoms with Crippen LogP contribution in [0.2, 0.25) is 0 Å². The van der Waals surface area contributed by atoms with Crippen molar-refractivity contribution in [3.63, 3.8) is 0 Å². The van der Waals surface area contributed by atoms with Crippen LogP contribution in [0.5, 0.6) is 0 Å². The highest BCUT2D eigenvalue weighted by atomic mass is 19.4. The molecule has 4 aromatic rings. The van der Waals surface area contributed by atoms with E-state index in [0.717, 1.165) is 23.5 Å². The average Bonchev–Trinajstić information content (AvgIpc) is 3.36. The number of para-hydroxylation sites is 1. The SMILES string of the molecule is O=C(NC1CCN(c2ccc(C(F)(F)F)cn2)CC1)c1cn(-c2ccccc2)nc1-c1cccnc1. The molecule has 0 unspecified atom stereocenters. The first kappa shape index (κ1) is 23.5. The lowest BCUT2D eigenvalue weighted by atomic mass is 10.0. The van der Waals surface area contributed by atoms with Crippen LogP contribution in [-0.4, -0.2) is 44.8 Å². The molecule has 0 radical (unpaired) electrons. The number of amides is 1. The largest absolute Gasteiger partial charge is 0.417 e. The quantitative estimate of drug-likeness (QED) is 0.435. The van der Waals surface area contributed by atoms with E-state index >= 15 is 0 Å². The maximum Gasteiger partial charge on any atom is 0.417 e. The molecule has 5 rings (SSSR count). The van der Waals surface area contributed by atoms with Crippen molar-refractivity contribution in [1.82, 2.24) is 25.1 Å². The number of piperidine rings is 1. The number of pyridine rings is 2. The molecule has 3 aromatic heterocycles. The monoisotopic (exact) mass is 492 g/mol. The second-order valence-electron chi connectivity index (χ2n) is 8.55. The molecular formula is C26H23F3N6O. The minimum Gasteiger partial charge on any atom is -0.356 e. The van der Waals surface area contributed by atoms with E-state index in [1.54, 1.807) is 29.3 Å². The summed E-state index contributed by atoms with van der Waals surface area (Å²) in [5.41, 5.74) is 1.78. The first-order valence-corrected chi connectivity index (χ1v) is 11.5. The Bertz CT molecular complexity index is 1320. The number of halogens is 3. The number of hydrogen-bond donors (Lipinski definition) is 1. The van der Waals surface area contributed by atoms with Gasteiger partial charge in [-0.05, 0) is 49.2 Å². The molecule has 1 fully saturated rings. The zero-order valence-electron chi connectivity index (χ0n) is 19.2. The van der Waals surface area contributed by atoms with E-state index in [4.69, 9.17) is 0 Å². The molecule has 7 nitrogen and oxygen atoms in total. The Balaban J connectivity index is 1.29. The fourth-order valence-corrected chi connectivity index (χ4v) is 4.23. The molecule has 36 heavy (non-hydrogen) atoms. The maximum absolute atomic E-state index is 13.3. The van der Waals surface area contributed by atoms with Gasteiger partial charge in [0.1, 0.15) is 11.5 Å². The van der Waals surface area contributed by atoms with Gasteiger partial charge in [0.05, 0.1) is 16.8 Å². The van der Waals surface area contributed by atoms with Gasteiger partial charge in [-0.25, -0.2) is 9.67 Å². The van der Waals surface area contributed by atoms with E-state index in [9.17, 15) is 18.0 Å². The maximum atomic E-state index is 13.3. The Morgan fingerprint density at radius 1 is 0.972 bits per heavy atom. The average molecular weight is 493 g/mol. The molecule has 0 atom stereocenters. The highest BCUT2D eigenvalue weighted by molar-refractivity contribution is 6.00. The third kappa shape index (κ3) is 5.07. The van der Waals surface area contributed by atoms with Crippen molar-refractivity contribution in [2.75, 3.05) is 18.0 Å². The molecule has 1 N–H and O–H groups in total. The van der Waals surface area contributed by atoms with E-state index in [2.05, 4.69) is 20.4 Å². The summed E-state index contributed by atoms with van der Waals surface area (Å²) in [6.45, 7) is 1.14. The van der Waals surface area contributed by atoms with Crippen molar-refractivity contribution >= 4 is 11.7 Å². The smallest absolute Gasteiger partial charge is 0.356 e. The highest BCUT2D eigenvalue weighted by Crippen LogP contribution is 2.30. The number of aromatic nitrogens is 4. The van der Waals surface area contributed by atoms with Crippen molar-refractivity contribution in [2.45, 2.75) is 25.1 Å². The van der Waals surface area contributed by atoms with Crippen LogP contribution in [-0.2, 0) is 6.18 Å². The molecule has 10 heteroatoms. The van der Waals surface area contributed by atoms with Gasteiger partial charge in [-0.3, -0.25) is 9.78 Å². The lowest BCUT2D eigenvalue weighted by Crippen LogP contribution is -2.45. The number of carbonyl (C=O) groups is 1. The predicted octanol–water partition coefficient (Wildman–Crippen LogP) is 4.75. The van der Waals surface area contributed by atoms with Crippen LogP contribution in [0.3, 0.4) is 0 Å². The third-order valence-electron chi connectivity index (χ3n) is 6.14. The van der Waals surface area contributed by atoms with Crippen LogP contribution in [0.4, 0.5) is 19.0 Å². The highest BCUT2D eigenvalue weighted by Gasteiger charge is 2.31. The Morgan fingerprint density at radius 2 is 1.75 bits per heavy atom. The molecule has 1 aromatic carbocycles. The summed E-state index contributed by atoms with van der Waals surface area (Å²) in [4.78, 5) is 23.4. The summed E-state index contributed by atoms with van der Waals surface area (Å²) < 4.78 is 40.1. The summed E-state index contributed by atoms with van der Waals surface area (Å²) in [6, 6.07) is 15.5. The van der Waals surface area contributed by atoms with Crippen molar-refractivity contribution in [1.29, 1.82) is 0 Å². The number of nitrogens with one attached hydrogen (secondary N) is 1. The fourth-order valence-electron chi connectivity index (χ4n) is 4.23. The number of benzene rings is 1. The Morgan fingerprint density at radius 3 is 2.39 bits per heavy atom. The second kappa shape index (κ2) is 9.80. The normalized spacial score (nSPS) is 14.6. The first-order valence-electron chi connectivity index (χ1n) is 11.5. The van der Waals surface area contributed by atoms with E-state index in [0.29, 0.717) is 43.0 Å². The van der Waals surface area contributed by atoms with Crippen LogP contribution in [0.15, 0.2) is 79.4 Å². The van der Waals surface area contributed by atoms with Gasteiger partial charge in [-0.15, -0.1) is 0 Å². The molecule has 4 heterocycles. The van der Waals surface area contributed by atoms with Crippen molar-refractivity contribution in [3.8, 4) is 16.9 Å². The lowest BCUT2D eigenvalue weighted by Gasteiger charge is -2.33. The number of rotatable bonds is 5. The van der Waals surface area contributed by atoms with Gasteiger partial charge in [0.15, 0.2) is 0 Å². The minimum atomic E-state index is -4.41. The molecule has 184 valence electrons. The van der Waals surface area contributed by atoms with E-state index in [1.165, 1.54) is 6.07 Å². The number of anilines is 1. The van der Waals surface area contributed by atoms with Crippen LogP contribution >= 0.6 is 0 Å². The van der Waals surface area contributed by atoms with Crippen molar-refractivity contribution < 1.29 is 18.0 Å². The van der Waals surface area contributed by atoms with Crippen LogP contribution in [0.25, 0.3) is 16.9 Å². The van der Waals surface area contributed by atoms with Gasteiger partial charge in [-0.1, -0.05) is 18.2 Å². The summed E-state index contributed by atoms with van der Waals surface area (Å²) in [7, 11) is 0.